The van der Waals surface area contributed by atoms with Gasteiger partial charge in [0.2, 0.25) is 0 Å². The van der Waals surface area contributed by atoms with Gasteiger partial charge >= 0.3 is 0 Å². The monoisotopic (exact) mass is 198 g/mol. The van der Waals surface area contributed by atoms with Crippen LogP contribution in [0.1, 0.15) is 59.3 Å². The van der Waals surface area contributed by atoms with Crippen molar-refractivity contribution in [2.45, 2.75) is 65.4 Å². The van der Waals surface area contributed by atoms with Crippen molar-refractivity contribution < 1.29 is 5.11 Å². The van der Waals surface area contributed by atoms with Gasteiger partial charge in [-0.15, -0.1) is 0 Å². The first-order valence-electron chi connectivity index (χ1n) is 6.35. The zero-order chi connectivity index (χ0) is 10.6. The summed E-state index contributed by atoms with van der Waals surface area (Å²) in [5, 5.41) is 10.1. The lowest BCUT2D eigenvalue weighted by molar-refractivity contribution is 0.0809. The highest BCUT2D eigenvalue weighted by Crippen LogP contribution is 2.35. The van der Waals surface area contributed by atoms with E-state index in [0.29, 0.717) is 5.92 Å². The highest BCUT2D eigenvalue weighted by molar-refractivity contribution is 4.79. The molecule has 1 fully saturated rings. The molecule has 1 N–H and O–H groups in total. The fraction of sp³-hybridized carbons (Fsp3) is 1.00. The maximum atomic E-state index is 10.1. The largest absolute Gasteiger partial charge is 0.393 e. The van der Waals surface area contributed by atoms with Gasteiger partial charge in [-0.1, -0.05) is 40.0 Å². The molecule has 0 aromatic heterocycles. The molecule has 0 aromatic carbocycles. The van der Waals surface area contributed by atoms with Gasteiger partial charge in [-0.3, -0.25) is 0 Å². The summed E-state index contributed by atoms with van der Waals surface area (Å²) >= 11 is 0. The Morgan fingerprint density at radius 1 is 1.21 bits per heavy atom. The summed E-state index contributed by atoms with van der Waals surface area (Å²) in [6.45, 7) is 6.78. The van der Waals surface area contributed by atoms with Crippen molar-refractivity contribution in [3.05, 3.63) is 0 Å². The van der Waals surface area contributed by atoms with E-state index in [1.54, 1.807) is 0 Å². The fourth-order valence-corrected chi connectivity index (χ4v) is 2.76. The molecule has 0 heterocycles. The smallest absolute Gasteiger partial charge is 0.0571 e. The van der Waals surface area contributed by atoms with Crippen LogP contribution in [0.5, 0.6) is 0 Å². The van der Waals surface area contributed by atoms with Gasteiger partial charge in [0.25, 0.3) is 0 Å². The van der Waals surface area contributed by atoms with Crippen LogP contribution in [-0.4, -0.2) is 11.2 Å². The summed E-state index contributed by atoms with van der Waals surface area (Å²) < 4.78 is 0. The molecule has 0 bridgehead atoms. The molecule has 0 aliphatic heterocycles. The Morgan fingerprint density at radius 3 is 2.29 bits per heavy atom. The summed E-state index contributed by atoms with van der Waals surface area (Å²) in [7, 11) is 0. The Morgan fingerprint density at radius 2 is 1.86 bits per heavy atom. The second-order valence-corrected chi connectivity index (χ2v) is 5.16. The number of aliphatic hydroxyl groups is 1. The lowest BCUT2D eigenvalue weighted by Gasteiger charge is -2.22. The van der Waals surface area contributed by atoms with E-state index in [1.807, 2.05) is 0 Å². The third-order valence-electron chi connectivity index (χ3n) is 4.01. The number of rotatable bonds is 5. The molecule has 1 rings (SSSR count). The van der Waals surface area contributed by atoms with Crippen molar-refractivity contribution in [1.29, 1.82) is 0 Å². The van der Waals surface area contributed by atoms with Crippen LogP contribution < -0.4 is 0 Å². The van der Waals surface area contributed by atoms with Crippen LogP contribution in [0.3, 0.4) is 0 Å². The second kappa shape index (κ2) is 5.75. The Bertz CT molecular complexity index is 151. The summed E-state index contributed by atoms with van der Waals surface area (Å²) in [6, 6.07) is 0. The topological polar surface area (TPSA) is 20.2 Å². The normalized spacial score (nSPS) is 29.8. The first-order valence-corrected chi connectivity index (χ1v) is 6.35. The minimum atomic E-state index is -0.0233. The lowest BCUT2D eigenvalue weighted by atomic mass is 9.88. The maximum Gasteiger partial charge on any atom is 0.0571 e. The molecule has 14 heavy (non-hydrogen) atoms. The van der Waals surface area contributed by atoms with Gasteiger partial charge in [-0.05, 0) is 37.0 Å². The molecule has 0 saturated heterocycles. The van der Waals surface area contributed by atoms with Crippen molar-refractivity contribution in [3.63, 3.8) is 0 Å². The Balaban J connectivity index is 2.30. The molecule has 3 atom stereocenters. The maximum absolute atomic E-state index is 10.1. The van der Waals surface area contributed by atoms with Crippen LogP contribution >= 0.6 is 0 Å². The quantitative estimate of drug-likeness (QED) is 0.715. The molecule has 1 nitrogen and oxygen atoms in total. The summed E-state index contributed by atoms with van der Waals surface area (Å²) in [5.74, 6) is 2.18. The molecule has 1 heteroatoms. The molecule has 1 saturated carbocycles. The van der Waals surface area contributed by atoms with Crippen LogP contribution in [0.15, 0.2) is 0 Å². The SMILES string of the molecule is CCC(CC)CC(O)C1CCC(C)C1. The molecule has 3 unspecified atom stereocenters. The molecule has 0 radical (unpaired) electrons. The minimum absolute atomic E-state index is 0.0233. The van der Waals surface area contributed by atoms with Gasteiger partial charge in [-0.25, -0.2) is 0 Å². The van der Waals surface area contributed by atoms with Crippen LogP contribution in [-0.2, 0) is 0 Å². The summed E-state index contributed by atoms with van der Waals surface area (Å²) in [4.78, 5) is 0. The van der Waals surface area contributed by atoms with E-state index < -0.39 is 0 Å². The zero-order valence-corrected chi connectivity index (χ0v) is 10.00. The number of aliphatic hydroxyl groups excluding tert-OH is 1. The molecular formula is C13H26O. The van der Waals surface area contributed by atoms with Gasteiger partial charge in [0.05, 0.1) is 6.10 Å². The van der Waals surface area contributed by atoms with Crippen LogP contribution in [0, 0.1) is 17.8 Å². The predicted octanol–water partition coefficient (Wildman–Crippen LogP) is 3.61. The number of hydrogen-bond donors (Lipinski definition) is 1. The van der Waals surface area contributed by atoms with E-state index in [0.717, 1.165) is 18.3 Å². The van der Waals surface area contributed by atoms with E-state index >= 15 is 0 Å². The third-order valence-corrected chi connectivity index (χ3v) is 4.01. The minimum Gasteiger partial charge on any atom is -0.393 e. The average molecular weight is 198 g/mol. The van der Waals surface area contributed by atoms with Gasteiger partial charge in [0.15, 0.2) is 0 Å². The van der Waals surface area contributed by atoms with Crippen molar-refractivity contribution in [2.24, 2.45) is 17.8 Å². The molecule has 0 spiro atoms. The van der Waals surface area contributed by atoms with Gasteiger partial charge in [0.1, 0.15) is 0 Å². The van der Waals surface area contributed by atoms with E-state index in [9.17, 15) is 5.11 Å². The first kappa shape index (κ1) is 12.0. The van der Waals surface area contributed by atoms with Crippen molar-refractivity contribution >= 4 is 0 Å². The molecule has 1 aliphatic carbocycles. The third kappa shape index (κ3) is 3.27. The van der Waals surface area contributed by atoms with Crippen molar-refractivity contribution in [3.8, 4) is 0 Å². The van der Waals surface area contributed by atoms with E-state index in [-0.39, 0.29) is 6.10 Å². The standard InChI is InChI=1S/C13H26O/c1-4-11(5-2)9-13(14)12-7-6-10(3)8-12/h10-14H,4-9H2,1-3H3. The molecule has 0 amide bonds. The highest BCUT2D eigenvalue weighted by atomic mass is 16.3. The Hall–Kier alpha value is -0.0400. The van der Waals surface area contributed by atoms with E-state index in [4.69, 9.17) is 0 Å². The molecular weight excluding hydrogens is 172 g/mol. The molecule has 0 aromatic rings. The van der Waals surface area contributed by atoms with Gasteiger partial charge in [0, 0.05) is 0 Å². The highest BCUT2D eigenvalue weighted by Gasteiger charge is 2.28. The van der Waals surface area contributed by atoms with E-state index in [2.05, 4.69) is 20.8 Å². The van der Waals surface area contributed by atoms with Crippen LogP contribution in [0.4, 0.5) is 0 Å². The first-order chi connectivity index (χ1) is 6.67. The number of hydrogen-bond acceptors (Lipinski definition) is 1. The van der Waals surface area contributed by atoms with Gasteiger partial charge in [-0.2, -0.15) is 0 Å². The van der Waals surface area contributed by atoms with E-state index in [1.165, 1.54) is 32.1 Å². The fourth-order valence-electron chi connectivity index (χ4n) is 2.76. The van der Waals surface area contributed by atoms with Gasteiger partial charge < -0.3 is 5.11 Å². The van der Waals surface area contributed by atoms with Crippen molar-refractivity contribution in [1.82, 2.24) is 0 Å². The zero-order valence-electron chi connectivity index (χ0n) is 10.00. The van der Waals surface area contributed by atoms with Crippen LogP contribution in [0.25, 0.3) is 0 Å². The molecule has 1 aliphatic rings. The summed E-state index contributed by atoms with van der Waals surface area (Å²) in [5.41, 5.74) is 0. The average Bonchev–Trinajstić information content (AvgIpc) is 2.61. The van der Waals surface area contributed by atoms with Crippen molar-refractivity contribution in [2.75, 3.05) is 0 Å². The second-order valence-electron chi connectivity index (χ2n) is 5.16. The predicted molar refractivity (Wildman–Crippen MR) is 61.2 cm³/mol. The lowest BCUT2D eigenvalue weighted by Crippen LogP contribution is -2.21. The Labute approximate surface area is 88.9 Å². The molecule has 84 valence electrons. The summed E-state index contributed by atoms with van der Waals surface area (Å²) in [6.07, 6.45) is 7.27. The van der Waals surface area contributed by atoms with Crippen LogP contribution in [0.2, 0.25) is 0 Å². The Kier molecular flexibility index (Phi) is 4.94.